The third-order valence-electron chi connectivity index (χ3n) is 2.68. The summed E-state index contributed by atoms with van der Waals surface area (Å²) < 4.78 is 11.0. The molecular weight excluding hydrogens is 264 g/mol. The first kappa shape index (κ1) is 11.7. The predicted molar refractivity (Wildman–Crippen MR) is 72.1 cm³/mol. The molecule has 2 N–H and O–H groups in total. The molecule has 2 heterocycles. The number of anilines is 1. The third kappa shape index (κ3) is 2.43. The first-order valence-electron chi connectivity index (χ1n) is 5.62. The van der Waals surface area contributed by atoms with E-state index in [4.69, 9.17) is 21.7 Å². The standard InChI is InChI=1S/C13H10N2O3S/c16-13(15-9-2-4-12(19)14-6-9)8-1-3-10-11(5-8)18-7-17-10/h1-6H,7H2,(H,14,19)(H,15,16). The minimum absolute atomic E-state index is 0.190. The van der Waals surface area contributed by atoms with Crippen molar-refractivity contribution in [2.45, 2.75) is 0 Å². The van der Waals surface area contributed by atoms with Gasteiger partial charge in [-0.2, -0.15) is 0 Å². The maximum Gasteiger partial charge on any atom is 0.255 e. The molecule has 1 aliphatic heterocycles. The van der Waals surface area contributed by atoms with Crippen LogP contribution >= 0.6 is 12.2 Å². The van der Waals surface area contributed by atoms with Gasteiger partial charge in [0.15, 0.2) is 11.5 Å². The van der Waals surface area contributed by atoms with Crippen LogP contribution in [0.4, 0.5) is 5.69 Å². The van der Waals surface area contributed by atoms with Crippen molar-refractivity contribution in [3.05, 3.63) is 46.7 Å². The van der Waals surface area contributed by atoms with Gasteiger partial charge < -0.3 is 19.8 Å². The van der Waals surface area contributed by atoms with E-state index in [0.717, 1.165) is 0 Å². The van der Waals surface area contributed by atoms with Gasteiger partial charge in [0.05, 0.1) is 5.69 Å². The second kappa shape index (κ2) is 4.74. The lowest BCUT2D eigenvalue weighted by atomic mass is 10.2. The fourth-order valence-electron chi connectivity index (χ4n) is 1.73. The van der Waals surface area contributed by atoms with Gasteiger partial charge in [0.2, 0.25) is 6.79 Å². The van der Waals surface area contributed by atoms with Crippen molar-refractivity contribution in [1.29, 1.82) is 0 Å². The average Bonchev–Trinajstić information content (AvgIpc) is 2.88. The minimum atomic E-state index is -0.219. The molecule has 0 unspecified atom stereocenters. The smallest absolute Gasteiger partial charge is 0.255 e. The molecule has 0 saturated heterocycles. The highest BCUT2D eigenvalue weighted by molar-refractivity contribution is 7.71. The summed E-state index contributed by atoms with van der Waals surface area (Å²) in [5.74, 6) is 1.02. The summed E-state index contributed by atoms with van der Waals surface area (Å²) in [5, 5.41) is 2.76. The molecule has 3 rings (SSSR count). The molecule has 0 saturated carbocycles. The van der Waals surface area contributed by atoms with Crippen LogP contribution in [0, 0.1) is 4.64 Å². The summed E-state index contributed by atoms with van der Waals surface area (Å²) in [6.45, 7) is 0.190. The zero-order chi connectivity index (χ0) is 13.2. The normalized spacial score (nSPS) is 12.2. The number of rotatable bonds is 2. The molecule has 1 amide bonds. The predicted octanol–water partition coefficient (Wildman–Crippen LogP) is 2.73. The maximum atomic E-state index is 12.1. The van der Waals surface area contributed by atoms with Crippen LogP contribution in [0.3, 0.4) is 0 Å². The largest absolute Gasteiger partial charge is 0.454 e. The van der Waals surface area contributed by atoms with Crippen molar-refractivity contribution < 1.29 is 14.3 Å². The number of aromatic amines is 1. The number of ether oxygens (including phenoxy) is 2. The Morgan fingerprint density at radius 2 is 2.05 bits per heavy atom. The monoisotopic (exact) mass is 274 g/mol. The fraction of sp³-hybridized carbons (Fsp3) is 0.0769. The molecule has 1 aromatic heterocycles. The van der Waals surface area contributed by atoms with Crippen molar-refractivity contribution in [3.8, 4) is 11.5 Å². The maximum absolute atomic E-state index is 12.1. The highest BCUT2D eigenvalue weighted by Crippen LogP contribution is 2.32. The molecule has 0 bridgehead atoms. The van der Waals surface area contributed by atoms with Crippen molar-refractivity contribution >= 4 is 23.8 Å². The number of hydrogen-bond acceptors (Lipinski definition) is 4. The first-order chi connectivity index (χ1) is 9.22. The lowest BCUT2D eigenvalue weighted by Gasteiger charge is -2.05. The van der Waals surface area contributed by atoms with E-state index in [9.17, 15) is 4.79 Å². The third-order valence-corrected chi connectivity index (χ3v) is 2.93. The summed E-state index contributed by atoms with van der Waals surface area (Å²) in [5.41, 5.74) is 1.16. The number of fused-ring (bicyclic) bond motifs is 1. The van der Waals surface area contributed by atoms with Gasteiger partial charge >= 0.3 is 0 Å². The number of amides is 1. The van der Waals surface area contributed by atoms with Gasteiger partial charge in [0.25, 0.3) is 5.91 Å². The van der Waals surface area contributed by atoms with Gasteiger partial charge in [-0.15, -0.1) is 0 Å². The van der Waals surface area contributed by atoms with Crippen molar-refractivity contribution in [3.63, 3.8) is 0 Å². The Balaban J connectivity index is 1.80. The molecular formula is C13H10N2O3S. The van der Waals surface area contributed by atoms with Crippen molar-refractivity contribution in [2.24, 2.45) is 0 Å². The molecule has 96 valence electrons. The molecule has 0 fully saturated rings. The molecule has 19 heavy (non-hydrogen) atoms. The van der Waals surface area contributed by atoms with E-state index < -0.39 is 0 Å². The number of carbonyl (C=O) groups is 1. The van der Waals surface area contributed by atoms with Crippen LogP contribution in [-0.2, 0) is 0 Å². The van der Waals surface area contributed by atoms with E-state index in [1.54, 1.807) is 36.5 Å². The summed E-state index contributed by atoms with van der Waals surface area (Å²) in [4.78, 5) is 14.9. The summed E-state index contributed by atoms with van der Waals surface area (Å²) in [7, 11) is 0. The second-order valence-corrected chi connectivity index (χ2v) is 4.40. The SMILES string of the molecule is O=C(Nc1ccc(=S)[nH]c1)c1ccc2c(c1)OCO2. The molecule has 0 radical (unpaired) electrons. The van der Waals surface area contributed by atoms with Crippen LogP contribution in [-0.4, -0.2) is 17.7 Å². The van der Waals surface area contributed by atoms with E-state index in [2.05, 4.69) is 10.3 Å². The quantitative estimate of drug-likeness (QED) is 0.826. The van der Waals surface area contributed by atoms with Crippen LogP contribution in [0.5, 0.6) is 11.5 Å². The van der Waals surface area contributed by atoms with E-state index in [1.807, 2.05) is 0 Å². The van der Waals surface area contributed by atoms with Crippen molar-refractivity contribution in [2.75, 3.05) is 12.1 Å². The van der Waals surface area contributed by atoms with Gasteiger partial charge in [0, 0.05) is 11.8 Å². The number of nitrogens with one attached hydrogen (secondary N) is 2. The number of pyridine rings is 1. The molecule has 1 aromatic carbocycles. The van der Waals surface area contributed by atoms with E-state index >= 15 is 0 Å². The Kier molecular flexibility index (Phi) is 2.92. The van der Waals surface area contributed by atoms with Crippen LogP contribution < -0.4 is 14.8 Å². The zero-order valence-electron chi connectivity index (χ0n) is 9.80. The number of H-pyrrole nitrogens is 1. The summed E-state index contributed by atoms with van der Waals surface area (Å²) in [6, 6.07) is 8.51. The van der Waals surface area contributed by atoms with Crippen molar-refractivity contribution in [1.82, 2.24) is 4.98 Å². The Morgan fingerprint density at radius 3 is 2.84 bits per heavy atom. The molecule has 0 atom stereocenters. The molecule has 0 aliphatic carbocycles. The molecule has 6 heteroatoms. The van der Waals surface area contributed by atoms with E-state index in [0.29, 0.717) is 27.4 Å². The highest BCUT2D eigenvalue weighted by atomic mass is 32.1. The number of benzene rings is 1. The minimum Gasteiger partial charge on any atom is -0.454 e. The Bertz CT molecular complexity index is 676. The first-order valence-corrected chi connectivity index (χ1v) is 6.03. The number of hydrogen-bond donors (Lipinski definition) is 2. The second-order valence-electron chi connectivity index (χ2n) is 3.96. The van der Waals surface area contributed by atoms with Crippen LogP contribution in [0.25, 0.3) is 0 Å². The van der Waals surface area contributed by atoms with E-state index in [1.165, 1.54) is 0 Å². The Morgan fingerprint density at radius 1 is 1.21 bits per heavy atom. The lowest BCUT2D eigenvalue weighted by Crippen LogP contribution is -2.11. The Labute approximate surface area is 114 Å². The zero-order valence-corrected chi connectivity index (χ0v) is 10.6. The van der Waals surface area contributed by atoms with E-state index in [-0.39, 0.29) is 12.7 Å². The van der Waals surface area contributed by atoms with Crippen LogP contribution in [0.15, 0.2) is 36.5 Å². The van der Waals surface area contributed by atoms with Gasteiger partial charge in [-0.25, -0.2) is 0 Å². The molecule has 0 spiro atoms. The molecule has 2 aromatic rings. The fourth-order valence-corrected chi connectivity index (χ4v) is 1.86. The van der Waals surface area contributed by atoms with Gasteiger partial charge in [-0.1, -0.05) is 12.2 Å². The number of aromatic nitrogens is 1. The highest BCUT2D eigenvalue weighted by Gasteiger charge is 2.16. The summed E-state index contributed by atoms with van der Waals surface area (Å²) in [6.07, 6.45) is 1.65. The van der Waals surface area contributed by atoms with Gasteiger partial charge in [-0.05, 0) is 30.3 Å². The summed E-state index contributed by atoms with van der Waals surface area (Å²) >= 11 is 4.93. The topological polar surface area (TPSA) is 63.4 Å². The van der Waals surface area contributed by atoms with Gasteiger partial charge in [-0.3, -0.25) is 4.79 Å². The average molecular weight is 274 g/mol. The molecule has 1 aliphatic rings. The van der Waals surface area contributed by atoms with Gasteiger partial charge in [0.1, 0.15) is 4.64 Å². The van der Waals surface area contributed by atoms with Crippen LogP contribution in [0.1, 0.15) is 10.4 Å². The lowest BCUT2D eigenvalue weighted by molar-refractivity contribution is 0.102. The molecule has 5 nitrogen and oxygen atoms in total. The Hall–Kier alpha value is -2.34. The van der Waals surface area contributed by atoms with Crippen LogP contribution in [0.2, 0.25) is 0 Å². The number of carbonyl (C=O) groups excluding carboxylic acids is 1.